The van der Waals surface area contributed by atoms with Crippen molar-refractivity contribution in [3.8, 4) is 0 Å². The lowest BCUT2D eigenvalue weighted by molar-refractivity contribution is -0.222. The highest BCUT2D eigenvalue weighted by Gasteiger charge is 2.74. The SMILES string of the molecule is CCOC(=O)C1=C(CN2C3COCC34CC(C(=O)O)C24)NC(c2nccs2)=NC1. The van der Waals surface area contributed by atoms with Gasteiger partial charge in [0.1, 0.15) is 0 Å². The molecule has 4 atom stereocenters. The van der Waals surface area contributed by atoms with E-state index >= 15 is 0 Å². The van der Waals surface area contributed by atoms with Gasteiger partial charge in [-0.1, -0.05) is 0 Å². The Morgan fingerprint density at radius 1 is 1.52 bits per heavy atom. The molecule has 5 rings (SSSR count). The summed E-state index contributed by atoms with van der Waals surface area (Å²) >= 11 is 1.47. The summed E-state index contributed by atoms with van der Waals surface area (Å²) in [6.07, 6.45) is 2.37. The molecule has 0 bridgehead atoms. The van der Waals surface area contributed by atoms with Gasteiger partial charge in [-0.15, -0.1) is 11.3 Å². The summed E-state index contributed by atoms with van der Waals surface area (Å²) < 4.78 is 10.9. The van der Waals surface area contributed by atoms with Gasteiger partial charge >= 0.3 is 11.9 Å². The third-order valence-corrected chi connectivity index (χ3v) is 7.26. The van der Waals surface area contributed by atoms with Crippen LogP contribution in [0.25, 0.3) is 0 Å². The Hall–Kier alpha value is -2.30. The average Bonchev–Trinajstić information content (AvgIpc) is 3.35. The van der Waals surface area contributed by atoms with Crippen LogP contribution < -0.4 is 5.32 Å². The van der Waals surface area contributed by atoms with Crippen LogP contribution in [0.2, 0.25) is 0 Å². The molecule has 1 spiro atoms. The summed E-state index contributed by atoms with van der Waals surface area (Å²) in [6, 6.07) is 0.121. The van der Waals surface area contributed by atoms with Crippen molar-refractivity contribution in [3.63, 3.8) is 0 Å². The van der Waals surface area contributed by atoms with Crippen LogP contribution in [0.4, 0.5) is 0 Å². The largest absolute Gasteiger partial charge is 0.481 e. The van der Waals surface area contributed by atoms with Gasteiger partial charge in [0.25, 0.3) is 0 Å². The van der Waals surface area contributed by atoms with Gasteiger partial charge in [-0.25, -0.2) is 9.78 Å². The molecular formula is C19H22N4O5S. The molecule has 1 aromatic rings. The van der Waals surface area contributed by atoms with E-state index in [1.165, 1.54) is 11.3 Å². The number of ether oxygens (including phenoxy) is 2. The molecule has 0 radical (unpaired) electrons. The number of nitrogens with zero attached hydrogens (tertiary/aromatic N) is 3. The van der Waals surface area contributed by atoms with E-state index in [1.807, 2.05) is 5.38 Å². The van der Waals surface area contributed by atoms with Crippen LogP contribution in [0.15, 0.2) is 27.8 Å². The zero-order chi connectivity index (χ0) is 20.2. The van der Waals surface area contributed by atoms with Crippen LogP contribution in [0.3, 0.4) is 0 Å². The number of aliphatic imine (C=N–C) groups is 1. The van der Waals surface area contributed by atoms with Crippen molar-refractivity contribution in [2.24, 2.45) is 16.3 Å². The number of thiazole rings is 1. The van der Waals surface area contributed by atoms with Crippen LogP contribution in [-0.2, 0) is 19.1 Å². The highest BCUT2D eigenvalue weighted by molar-refractivity contribution is 7.11. The Balaban J connectivity index is 1.41. The molecule has 2 N–H and O–H groups in total. The Labute approximate surface area is 171 Å². The first-order chi connectivity index (χ1) is 14.0. The summed E-state index contributed by atoms with van der Waals surface area (Å²) in [5.74, 6) is -0.928. The Morgan fingerprint density at radius 2 is 2.38 bits per heavy atom. The van der Waals surface area contributed by atoms with Gasteiger partial charge in [-0.2, -0.15) is 0 Å². The van der Waals surface area contributed by atoms with Crippen LogP contribution in [0.5, 0.6) is 0 Å². The first-order valence-electron chi connectivity index (χ1n) is 9.72. The predicted octanol–water partition coefficient (Wildman–Crippen LogP) is 0.484. The summed E-state index contributed by atoms with van der Waals surface area (Å²) in [4.78, 5) is 35.1. The Morgan fingerprint density at radius 3 is 3.10 bits per heavy atom. The summed E-state index contributed by atoms with van der Waals surface area (Å²) in [6.45, 7) is 3.91. The van der Waals surface area contributed by atoms with Crippen molar-refractivity contribution < 1.29 is 24.2 Å². The van der Waals surface area contributed by atoms with Crippen LogP contribution in [-0.4, -0.2) is 77.8 Å². The number of hydrogen-bond acceptors (Lipinski definition) is 9. The van der Waals surface area contributed by atoms with E-state index in [1.54, 1.807) is 13.1 Å². The summed E-state index contributed by atoms with van der Waals surface area (Å²) in [5.41, 5.74) is 1.14. The minimum atomic E-state index is -0.766. The number of carboxylic acids is 1. The maximum absolute atomic E-state index is 12.5. The number of carbonyl (C=O) groups is 2. The first-order valence-corrected chi connectivity index (χ1v) is 10.6. The number of piperidine rings is 1. The summed E-state index contributed by atoms with van der Waals surface area (Å²) in [5, 5.41) is 15.5. The van der Waals surface area contributed by atoms with E-state index in [2.05, 4.69) is 20.2 Å². The number of hydrogen-bond donors (Lipinski definition) is 2. The average molecular weight is 418 g/mol. The third-order valence-electron chi connectivity index (χ3n) is 6.48. The molecule has 3 aliphatic heterocycles. The molecule has 9 nitrogen and oxygen atoms in total. The molecule has 1 aromatic heterocycles. The second-order valence-corrected chi connectivity index (χ2v) is 8.73. The second-order valence-electron chi connectivity index (χ2n) is 7.83. The smallest absolute Gasteiger partial charge is 0.337 e. The molecule has 0 aromatic carbocycles. The zero-order valence-corrected chi connectivity index (χ0v) is 16.8. The quantitative estimate of drug-likeness (QED) is 0.642. The molecule has 154 valence electrons. The first kappa shape index (κ1) is 18.7. The molecule has 3 fully saturated rings. The number of nitrogens with one attached hydrogen (secondary N) is 1. The number of likely N-dealkylation sites (tertiary alicyclic amines) is 1. The maximum Gasteiger partial charge on any atom is 0.337 e. The number of amidine groups is 1. The molecule has 4 aliphatic rings. The standard InChI is InChI=1S/C19H22N4O5S/c1-2-28-18(26)11-6-21-15(16-20-3-4-29-16)22-12(11)7-23-13-8-27-9-19(13)5-10(14(19)23)17(24)25/h3-4,10,13-14H,2,5-9H2,1H3,(H,21,22)(H,24,25). The molecule has 0 amide bonds. The molecule has 1 aliphatic carbocycles. The molecule has 4 unspecified atom stereocenters. The molecule has 1 saturated carbocycles. The third kappa shape index (κ3) is 2.73. The fourth-order valence-electron chi connectivity index (χ4n) is 5.21. The molecule has 29 heavy (non-hydrogen) atoms. The van der Waals surface area contributed by atoms with Gasteiger partial charge in [0.2, 0.25) is 0 Å². The van der Waals surface area contributed by atoms with Crippen molar-refractivity contribution in [2.75, 3.05) is 32.9 Å². The molecule has 10 heteroatoms. The minimum absolute atomic E-state index is 0.0470. The fourth-order valence-corrected chi connectivity index (χ4v) is 5.81. The number of aromatic nitrogens is 1. The lowest BCUT2D eigenvalue weighted by Gasteiger charge is -2.69. The lowest BCUT2D eigenvalue weighted by atomic mass is 9.48. The van der Waals surface area contributed by atoms with Gasteiger partial charge < -0.3 is 19.9 Å². The maximum atomic E-state index is 12.5. The van der Waals surface area contributed by atoms with E-state index in [9.17, 15) is 14.7 Å². The van der Waals surface area contributed by atoms with Crippen molar-refractivity contribution in [1.82, 2.24) is 15.2 Å². The van der Waals surface area contributed by atoms with Crippen LogP contribution in [0, 0.1) is 11.3 Å². The van der Waals surface area contributed by atoms with E-state index < -0.39 is 17.9 Å². The van der Waals surface area contributed by atoms with Gasteiger partial charge in [-0.3, -0.25) is 14.7 Å². The second kappa shape index (κ2) is 6.89. The number of aliphatic carboxylic acids is 1. The van der Waals surface area contributed by atoms with E-state index in [-0.39, 0.29) is 30.7 Å². The Kier molecular flexibility index (Phi) is 4.45. The van der Waals surface area contributed by atoms with Crippen molar-refractivity contribution in [3.05, 3.63) is 27.9 Å². The molecule has 4 heterocycles. The van der Waals surface area contributed by atoms with Crippen LogP contribution >= 0.6 is 11.3 Å². The lowest BCUT2D eigenvalue weighted by Crippen LogP contribution is -2.81. The number of carbonyl (C=O) groups excluding carboxylic acids is 1. The summed E-state index contributed by atoms with van der Waals surface area (Å²) in [7, 11) is 0. The van der Waals surface area contributed by atoms with E-state index in [0.29, 0.717) is 43.3 Å². The van der Waals surface area contributed by atoms with Crippen LogP contribution in [0.1, 0.15) is 18.4 Å². The van der Waals surface area contributed by atoms with Crippen molar-refractivity contribution in [1.29, 1.82) is 0 Å². The number of carboxylic acid groups (broad SMARTS) is 1. The molecular weight excluding hydrogens is 396 g/mol. The topological polar surface area (TPSA) is 113 Å². The monoisotopic (exact) mass is 418 g/mol. The van der Waals surface area contributed by atoms with Gasteiger partial charge in [-0.05, 0) is 13.3 Å². The zero-order valence-electron chi connectivity index (χ0n) is 16.0. The van der Waals surface area contributed by atoms with Crippen molar-refractivity contribution >= 4 is 29.1 Å². The minimum Gasteiger partial charge on any atom is -0.481 e. The number of rotatable bonds is 6. The fraction of sp³-hybridized carbons (Fsp3) is 0.579. The van der Waals surface area contributed by atoms with Gasteiger partial charge in [0.15, 0.2) is 10.8 Å². The van der Waals surface area contributed by atoms with Gasteiger partial charge in [0.05, 0.1) is 37.9 Å². The van der Waals surface area contributed by atoms with E-state index in [4.69, 9.17) is 9.47 Å². The Bertz CT molecular complexity index is 914. The van der Waals surface area contributed by atoms with Crippen molar-refractivity contribution in [2.45, 2.75) is 25.4 Å². The molecule has 2 saturated heterocycles. The van der Waals surface area contributed by atoms with E-state index in [0.717, 1.165) is 5.01 Å². The van der Waals surface area contributed by atoms with Gasteiger partial charge in [0, 0.05) is 41.3 Å². The normalized spacial score (nSPS) is 33.0. The number of esters is 1. The highest BCUT2D eigenvalue weighted by Crippen LogP contribution is 2.63. The highest BCUT2D eigenvalue weighted by atomic mass is 32.1. The predicted molar refractivity (Wildman–Crippen MR) is 104 cm³/mol.